The van der Waals surface area contributed by atoms with Gasteiger partial charge in [0.1, 0.15) is 5.58 Å². The Morgan fingerprint density at radius 1 is 0.346 bits per heavy atom. The van der Waals surface area contributed by atoms with Crippen LogP contribution in [0.1, 0.15) is 74.9 Å². The number of para-hydroxylation sites is 2. The van der Waals surface area contributed by atoms with E-state index in [1.54, 1.807) is 0 Å². The summed E-state index contributed by atoms with van der Waals surface area (Å²) >= 11 is 0. The molecule has 0 atom stereocenters. The van der Waals surface area contributed by atoms with Crippen molar-refractivity contribution in [1.82, 2.24) is 0 Å². The monoisotopic (exact) mass is 1000 g/mol. The second-order valence-electron chi connectivity index (χ2n) is 23.1. The molecule has 3 heteroatoms. The number of benzene rings is 10. The van der Waals surface area contributed by atoms with Crippen LogP contribution < -0.4 is 9.80 Å². The summed E-state index contributed by atoms with van der Waals surface area (Å²) in [5, 5.41) is 2.14. The fraction of sp³-hybridized carbons (Fsp3) is 0.120. The molecule has 0 spiro atoms. The highest BCUT2D eigenvalue weighted by Crippen LogP contribution is 2.53. The Morgan fingerprint density at radius 3 is 1.42 bits per heavy atom. The van der Waals surface area contributed by atoms with Gasteiger partial charge in [-0.15, -0.1) is 0 Å². The van der Waals surface area contributed by atoms with Gasteiger partial charge in [0.25, 0.3) is 0 Å². The van der Waals surface area contributed by atoms with Crippen LogP contribution in [-0.4, -0.2) is 0 Å². The molecule has 10 aromatic carbocycles. The van der Waals surface area contributed by atoms with Gasteiger partial charge in [-0.25, -0.2) is 0 Å². The number of allylic oxidation sites excluding steroid dienone is 4. The van der Waals surface area contributed by atoms with Crippen LogP contribution in [0.3, 0.4) is 0 Å². The number of nitrogens with zero attached hydrogens (tertiary/aromatic N) is 2. The van der Waals surface area contributed by atoms with Crippen LogP contribution in [0, 0.1) is 0 Å². The second-order valence-corrected chi connectivity index (χ2v) is 23.1. The first kappa shape index (κ1) is 47.3. The van der Waals surface area contributed by atoms with Crippen LogP contribution >= 0.6 is 0 Å². The molecule has 11 aromatic rings. The van der Waals surface area contributed by atoms with E-state index in [-0.39, 0.29) is 16.2 Å². The molecule has 0 N–H and O–H groups in total. The SMILES string of the molecule is C=C1/C=C\C(N(c2ccc3c(c2)C(C)(C)c2ccccc2-3)c2cccc3c2oc2c(-c4ccc(N(c5ccc(-c6ccccc6)cc5)c5ccc6c(c5)C(C)(C)c5ccccc5-6)cc4)cccc23)=C/C(C)(C)c2ccccc21. The average Bonchev–Trinajstić information content (AvgIpc) is 4.27. The highest BCUT2D eigenvalue weighted by molar-refractivity contribution is 6.13. The molecular weight excluding hydrogens is 945 g/mol. The number of rotatable bonds is 8. The van der Waals surface area contributed by atoms with Gasteiger partial charge in [-0.1, -0.05) is 230 Å². The van der Waals surface area contributed by atoms with Crippen molar-refractivity contribution in [3.8, 4) is 44.5 Å². The van der Waals surface area contributed by atoms with Crippen molar-refractivity contribution >= 4 is 55.9 Å². The summed E-state index contributed by atoms with van der Waals surface area (Å²) in [6.07, 6.45) is 6.83. The molecule has 3 nitrogen and oxygen atoms in total. The summed E-state index contributed by atoms with van der Waals surface area (Å²) in [5.41, 5.74) is 25.9. The van der Waals surface area contributed by atoms with Gasteiger partial charge in [-0.3, -0.25) is 0 Å². The molecule has 0 bridgehead atoms. The number of furan rings is 1. The molecule has 0 saturated heterocycles. The fourth-order valence-corrected chi connectivity index (χ4v) is 13.2. The van der Waals surface area contributed by atoms with Gasteiger partial charge < -0.3 is 14.2 Å². The van der Waals surface area contributed by atoms with E-state index in [9.17, 15) is 0 Å². The molecule has 376 valence electrons. The Bertz CT molecular complexity index is 4300. The highest BCUT2D eigenvalue weighted by Gasteiger charge is 2.38. The van der Waals surface area contributed by atoms with Gasteiger partial charge in [0.15, 0.2) is 5.58 Å². The standard InChI is InChI=1S/C75H60N2O/c1-48-31-36-56(47-73(2,3)65-27-14-11-21-57(48)65)77(55-42-44-62-60-23-13-16-29-67(60)75(6,7)69(62)46-55)70-30-18-26-64-63-25-17-24-58(71(63)78-72(64)70)51-34-39-53(40-35-51)76(52-37-32-50(33-38-52)49-19-9-8-10-20-49)54-41-43-61-59-22-12-15-28-66(59)74(4,5)68(61)45-54/h8-47H,1H2,2-7H3/b36-31-,56-47+. The minimum atomic E-state index is -0.338. The van der Waals surface area contributed by atoms with Crippen molar-refractivity contribution in [2.45, 2.75) is 57.8 Å². The van der Waals surface area contributed by atoms with Gasteiger partial charge in [0, 0.05) is 61.0 Å². The smallest absolute Gasteiger partial charge is 0.159 e. The van der Waals surface area contributed by atoms with Gasteiger partial charge in [-0.05, 0) is 139 Å². The summed E-state index contributed by atoms with van der Waals surface area (Å²) in [7, 11) is 0. The summed E-state index contributed by atoms with van der Waals surface area (Å²) in [5.74, 6) is 0. The Kier molecular flexibility index (Phi) is 10.7. The van der Waals surface area contributed by atoms with E-state index in [0.717, 1.165) is 72.8 Å². The molecular formula is C75H60N2O. The molecule has 1 heterocycles. The largest absolute Gasteiger partial charge is 0.453 e. The maximum atomic E-state index is 7.36. The highest BCUT2D eigenvalue weighted by atomic mass is 16.3. The van der Waals surface area contributed by atoms with Crippen molar-refractivity contribution < 1.29 is 4.42 Å². The Hall–Kier alpha value is -9.18. The van der Waals surface area contributed by atoms with E-state index < -0.39 is 0 Å². The third-order valence-corrected chi connectivity index (χ3v) is 17.3. The maximum Gasteiger partial charge on any atom is 0.159 e. The average molecular weight is 1010 g/mol. The van der Waals surface area contributed by atoms with Gasteiger partial charge in [-0.2, -0.15) is 0 Å². The topological polar surface area (TPSA) is 19.6 Å². The van der Waals surface area contributed by atoms with Crippen molar-refractivity contribution in [1.29, 1.82) is 0 Å². The fourth-order valence-electron chi connectivity index (χ4n) is 13.2. The zero-order chi connectivity index (χ0) is 53.1. The molecule has 3 aliphatic carbocycles. The third kappa shape index (κ3) is 7.40. The lowest BCUT2D eigenvalue weighted by molar-refractivity contribution is 0.657. The lowest BCUT2D eigenvalue weighted by Crippen LogP contribution is -2.23. The van der Waals surface area contributed by atoms with E-state index in [1.165, 1.54) is 66.8 Å². The lowest BCUT2D eigenvalue weighted by atomic mass is 9.78. The normalized spacial score (nSPS) is 16.2. The van der Waals surface area contributed by atoms with Crippen molar-refractivity contribution in [3.63, 3.8) is 0 Å². The van der Waals surface area contributed by atoms with E-state index in [2.05, 4.69) is 301 Å². The van der Waals surface area contributed by atoms with E-state index in [0.29, 0.717) is 0 Å². The molecule has 78 heavy (non-hydrogen) atoms. The van der Waals surface area contributed by atoms with Crippen LogP contribution in [0.5, 0.6) is 0 Å². The molecule has 0 radical (unpaired) electrons. The summed E-state index contributed by atoms with van der Waals surface area (Å²) in [6, 6.07) is 82.3. The zero-order valence-electron chi connectivity index (χ0n) is 45.1. The molecule has 1 aromatic heterocycles. The number of fused-ring (bicyclic) bond motifs is 10. The van der Waals surface area contributed by atoms with Crippen molar-refractivity contribution in [3.05, 3.63) is 288 Å². The summed E-state index contributed by atoms with van der Waals surface area (Å²) in [6.45, 7) is 18.6. The predicted octanol–water partition coefficient (Wildman–Crippen LogP) is 20.6. The molecule has 0 amide bonds. The predicted molar refractivity (Wildman–Crippen MR) is 329 cm³/mol. The number of anilines is 5. The molecule has 14 rings (SSSR count). The van der Waals surface area contributed by atoms with Crippen LogP contribution in [0.4, 0.5) is 28.4 Å². The minimum Gasteiger partial charge on any atom is -0.453 e. The van der Waals surface area contributed by atoms with Crippen molar-refractivity contribution in [2.75, 3.05) is 9.80 Å². The Morgan fingerprint density at radius 2 is 0.808 bits per heavy atom. The third-order valence-electron chi connectivity index (χ3n) is 17.3. The first-order valence-corrected chi connectivity index (χ1v) is 27.3. The Balaban J connectivity index is 0.899. The molecule has 0 aliphatic heterocycles. The quantitative estimate of drug-likeness (QED) is 0.151. The second kappa shape index (κ2) is 17.7. The number of hydrogen-bond donors (Lipinski definition) is 0. The van der Waals surface area contributed by atoms with Crippen LogP contribution in [-0.2, 0) is 16.2 Å². The van der Waals surface area contributed by atoms with Crippen LogP contribution in [0.2, 0.25) is 0 Å². The van der Waals surface area contributed by atoms with E-state index in [1.807, 2.05) is 0 Å². The molecule has 3 aliphatic rings. The zero-order valence-corrected chi connectivity index (χ0v) is 45.1. The maximum absolute atomic E-state index is 7.36. The van der Waals surface area contributed by atoms with Crippen LogP contribution in [0.15, 0.2) is 259 Å². The van der Waals surface area contributed by atoms with E-state index in [4.69, 9.17) is 4.42 Å². The lowest BCUT2D eigenvalue weighted by Gasteiger charge is -2.33. The molecule has 0 unspecified atom stereocenters. The van der Waals surface area contributed by atoms with Crippen LogP contribution in [0.25, 0.3) is 72.0 Å². The first-order chi connectivity index (χ1) is 37.8. The molecule has 0 saturated carbocycles. The summed E-state index contributed by atoms with van der Waals surface area (Å²) in [4.78, 5) is 4.81. The van der Waals surface area contributed by atoms with Crippen molar-refractivity contribution in [2.24, 2.45) is 0 Å². The molecule has 0 fully saturated rings. The first-order valence-electron chi connectivity index (χ1n) is 27.3. The number of hydrogen-bond acceptors (Lipinski definition) is 3. The van der Waals surface area contributed by atoms with E-state index >= 15 is 0 Å². The minimum absolute atomic E-state index is 0.137. The van der Waals surface area contributed by atoms with Gasteiger partial charge in [0.2, 0.25) is 0 Å². The Labute approximate surface area is 458 Å². The van der Waals surface area contributed by atoms with Gasteiger partial charge in [0.05, 0.1) is 5.69 Å². The van der Waals surface area contributed by atoms with Gasteiger partial charge >= 0.3 is 0 Å². The summed E-state index contributed by atoms with van der Waals surface area (Å²) < 4.78 is 7.36.